The third-order valence-electron chi connectivity index (χ3n) is 4.04. The quantitative estimate of drug-likeness (QED) is 0.896. The summed E-state index contributed by atoms with van der Waals surface area (Å²) >= 11 is 0. The second-order valence-corrected chi connectivity index (χ2v) is 7.65. The predicted molar refractivity (Wildman–Crippen MR) is 77.6 cm³/mol. The lowest BCUT2D eigenvalue weighted by atomic mass is 9.93. The van der Waals surface area contributed by atoms with Gasteiger partial charge in [0.05, 0.1) is 11.5 Å². The second kappa shape index (κ2) is 5.61. The molecule has 1 atom stereocenters. The number of benzene rings is 1. The summed E-state index contributed by atoms with van der Waals surface area (Å²) in [5.41, 5.74) is 6.68. The molecule has 1 aromatic carbocycles. The summed E-state index contributed by atoms with van der Waals surface area (Å²) in [6.45, 7) is 1.11. The molecular weight excluding hydrogens is 260 g/mol. The number of nitrogens with two attached hydrogens (primary N) is 1. The second-order valence-electron chi connectivity index (χ2n) is 5.47. The fourth-order valence-electron chi connectivity index (χ4n) is 2.82. The molecular formula is C14H22N2O2S. The van der Waals surface area contributed by atoms with Crippen LogP contribution < -0.4 is 5.73 Å². The van der Waals surface area contributed by atoms with Crippen LogP contribution in [0.3, 0.4) is 0 Å². The molecule has 1 saturated heterocycles. The summed E-state index contributed by atoms with van der Waals surface area (Å²) < 4.78 is 23.8. The van der Waals surface area contributed by atoms with Gasteiger partial charge in [0.2, 0.25) is 0 Å². The van der Waals surface area contributed by atoms with Gasteiger partial charge in [-0.1, -0.05) is 30.3 Å². The largest absolute Gasteiger partial charge is 0.329 e. The van der Waals surface area contributed by atoms with E-state index in [-0.39, 0.29) is 5.75 Å². The van der Waals surface area contributed by atoms with Gasteiger partial charge >= 0.3 is 0 Å². The molecule has 1 unspecified atom stereocenters. The van der Waals surface area contributed by atoms with E-state index in [1.54, 1.807) is 0 Å². The summed E-state index contributed by atoms with van der Waals surface area (Å²) in [7, 11) is -0.989. The molecule has 106 valence electrons. The van der Waals surface area contributed by atoms with E-state index in [2.05, 4.69) is 17.0 Å². The lowest BCUT2D eigenvalue weighted by Gasteiger charge is -2.43. The van der Waals surface area contributed by atoms with Gasteiger partial charge in [0.1, 0.15) is 0 Å². The smallest absolute Gasteiger partial charge is 0.152 e. The molecule has 1 heterocycles. The highest BCUT2D eigenvalue weighted by Crippen LogP contribution is 2.28. The number of rotatable bonds is 4. The topological polar surface area (TPSA) is 63.4 Å². The van der Waals surface area contributed by atoms with E-state index in [9.17, 15) is 8.42 Å². The summed E-state index contributed by atoms with van der Waals surface area (Å²) in [6, 6.07) is 10.1. The molecule has 5 heteroatoms. The van der Waals surface area contributed by atoms with Crippen LogP contribution in [0.15, 0.2) is 30.3 Å². The minimum absolute atomic E-state index is 0.180. The van der Waals surface area contributed by atoms with E-state index >= 15 is 0 Å². The van der Waals surface area contributed by atoms with Gasteiger partial charge < -0.3 is 5.73 Å². The molecule has 0 radical (unpaired) electrons. The zero-order valence-corrected chi connectivity index (χ0v) is 12.2. The molecule has 0 saturated carbocycles. The van der Waals surface area contributed by atoms with Crippen LogP contribution in [0.4, 0.5) is 0 Å². The Hall–Kier alpha value is -0.910. The van der Waals surface area contributed by atoms with Crippen molar-refractivity contribution in [2.75, 3.05) is 25.1 Å². The van der Waals surface area contributed by atoms with Crippen molar-refractivity contribution in [1.29, 1.82) is 0 Å². The fourth-order valence-corrected chi connectivity index (χ4v) is 4.85. The van der Waals surface area contributed by atoms with Crippen LogP contribution in [0.1, 0.15) is 18.4 Å². The van der Waals surface area contributed by atoms with E-state index < -0.39 is 15.4 Å². The highest BCUT2D eigenvalue weighted by molar-refractivity contribution is 7.91. The molecule has 0 bridgehead atoms. The van der Waals surface area contributed by atoms with Gasteiger partial charge in [-0.15, -0.1) is 0 Å². The average Bonchev–Trinajstić information content (AvgIpc) is 2.38. The van der Waals surface area contributed by atoms with Crippen LogP contribution >= 0.6 is 0 Å². The molecule has 0 aliphatic carbocycles. The lowest BCUT2D eigenvalue weighted by Crippen LogP contribution is -2.58. The standard InChI is InChI=1S/C14H22N2O2S/c1-16(10-13-6-3-2-4-7-13)14(11-15)8-5-9-19(17,18)12-14/h2-4,6-7H,5,8-12,15H2,1H3. The first-order valence-corrected chi connectivity index (χ1v) is 8.45. The SMILES string of the molecule is CN(Cc1ccccc1)C1(CN)CCCS(=O)(=O)C1. The average molecular weight is 282 g/mol. The van der Waals surface area contributed by atoms with Crippen molar-refractivity contribution < 1.29 is 8.42 Å². The Bertz CT molecular complexity index is 516. The van der Waals surface area contributed by atoms with Crippen LogP contribution in [0.5, 0.6) is 0 Å². The first-order valence-electron chi connectivity index (χ1n) is 6.63. The fraction of sp³-hybridized carbons (Fsp3) is 0.571. The minimum atomic E-state index is -2.96. The molecule has 4 nitrogen and oxygen atoms in total. The van der Waals surface area contributed by atoms with E-state index in [0.29, 0.717) is 18.7 Å². The third-order valence-corrected chi connectivity index (χ3v) is 5.93. The maximum absolute atomic E-state index is 11.9. The number of sulfone groups is 1. The van der Waals surface area contributed by atoms with Gasteiger partial charge in [0, 0.05) is 18.6 Å². The van der Waals surface area contributed by atoms with Crippen LogP contribution in [-0.2, 0) is 16.4 Å². The van der Waals surface area contributed by atoms with Crippen molar-refractivity contribution in [1.82, 2.24) is 4.90 Å². The molecule has 0 amide bonds. The number of hydrogen-bond acceptors (Lipinski definition) is 4. The van der Waals surface area contributed by atoms with E-state index in [1.165, 1.54) is 5.56 Å². The van der Waals surface area contributed by atoms with Crippen molar-refractivity contribution in [3.8, 4) is 0 Å². The number of hydrogen-bond donors (Lipinski definition) is 1. The Kier molecular flexibility index (Phi) is 4.28. The molecule has 1 fully saturated rings. The number of likely N-dealkylation sites (N-methyl/N-ethyl adjacent to an activating group) is 1. The Labute approximate surface area is 115 Å². The van der Waals surface area contributed by atoms with Gasteiger partial charge in [0.15, 0.2) is 9.84 Å². The molecule has 1 aliphatic rings. The zero-order chi connectivity index (χ0) is 13.9. The van der Waals surface area contributed by atoms with E-state index in [0.717, 1.165) is 13.0 Å². The van der Waals surface area contributed by atoms with Gasteiger partial charge in [-0.2, -0.15) is 0 Å². The van der Waals surface area contributed by atoms with Crippen LogP contribution in [0, 0.1) is 0 Å². The molecule has 2 N–H and O–H groups in total. The molecule has 1 aromatic rings. The number of nitrogens with zero attached hydrogens (tertiary/aromatic N) is 1. The predicted octanol–water partition coefficient (Wildman–Crippen LogP) is 1.02. The summed E-state index contributed by atoms with van der Waals surface area (Å²) in [6.07, 6.45) is 1.56. The van der Waals surface area contributed by atoms with Crippen molar-refractivity contribution in [3.05, 3.63) is 35.9 Å². The Morgan fingerprint density at radius 2 is 2.00 bits per heavy atom. The molecule has 2 rings (SSSR count). The minimum Gasteiger partial charge on any atom is -0.329 e. The van der Waals surface area contributed by atoms with Crippen LogP contribution in [0.25, 0.3) is 0 Å². The third kappa shape index (κ3) is 3.35. The maximum Gasteiger partial charge on any atom is 0.152 e. The Balaban J connectivity index is 2.17. The van der Waals surface area contributed by atoms with Gasteiger partial charge in [-0.3, -0.25) is 4.90 Å². The summed E-state index contributed by atoms with van der Waals surface area (Å²) in [5, 5.41) is 0. The molecule has 0 spiro atoms. The highest BCUT2D eigenvalue weighted by atomic mass is 32.2. The first kappa shape index (κ1) is 14.5. The Morgan fingerprint density at radius 1 is 1.32 bits per heavy atom. The van der Waals surface area contributed by atoms with Crippen molar-refractivity contribution in [3.63, 3.8) is 0 Å². The van der Waals surface area contributed by atoms with Gasteiger partial charge in [-0.05, 0) is 25.5 Å². The van der Waals surface area contributed by atoms with Gasteiger partial charge in [-0.25, -0.2) is 8.42 Å². The van der Waals surface area contributed by atoms with Crippen molar-refractivity contribution >= 4 is 9.84 Å². The van der Waals surface area contributed by atoms with E-state index in [4.69, 9.17) is 5.73 Å². The summed E-state index contributed by atoms with van der Waals surface area (Å²) in [4.78, 5) is 2.11. The van der Waals surface area contributed by atoms with Crippen LogP contribution in [0.2, 0.25) is 0 Å². The monoisotopic (exact) mass is 282 g/mol. The molecule has 19 heavy (non-hydrogen) atoms. The summed E-state index contributed by atoms with van der Waals surface area (Å²) in [5.74, 6) is 0.480. The maximum atomic E-state index is 11.9. The van der Waals surface area contributed by atoms with Crippen LogP contribution in [-0.4, -0.2) is 44.0 Å². The Morgan fingerprint density at radius 3 is 2.58 bits per heavy atom. The van der Waals surface area contributed by atoms with E-state index in [1.807, 2.05) is 25.2 Å². The first-order chi connectivity index (χ1) is 8.97. The highest BCUT2D eigenvalue weighted by Gasteiger charge is 2.40. The zero-order valence-electron chi connectivity index (χ0n) is 11.4. The van der Waals surface area contributed by atoms with Gasteiger partial charge in [0.25, 0.3) is 0 Å². The lowest BCUT2D eigenvalue weighted by molar-refractivity contribution is 0.124. The van der Waals surface area contributed by atoms with Crippen molar-refractivity contribution in [2.24, 2.45) is 5.73 Å². The molecule has 0 aromatic heterocycles. The normalized spacial score (nSPS) is 26.5. The van der Waals surface area contributed by atoms with Crippen molar-refractivity contribution in [2.45, 2.75) is 24.9 Å². The molecule has 1 aliphatic heterocycles.